The zero-order valence-corrected chi connectivity index (χ0v) is 12.2. The Kier molecular flexibility index (Phi) is 5.37. The monoisotopic (exact) mass is 298 g/mol. The van der Waals surface area contributed by atoms with Crippen molar-refractivity contribution < 1.29 is 9.53 Å². The molecule has 0 aliphatic rings. The van der Waals surface area contributed by atoms with E-state index < -0.39 is 0 Å². The van der Waals surface area contributed by atoms with E-state index in [2.05, 4.69) is 15.6 Å². The molecule has 0 spiro atoms. The van der Waals surface area contributed by atoms with Crippen LogP contribution < -0.4 is 21.1 Å². The van der Waals surface area contributed by atoms with Gasteiger partial charge in [-0.2, -0.15) is 0 Å². The first-order valence-electron chi connectivity index (χ1n) is 6.74. The smallest absolute Gasteiger partial charge is 0.246 e. The number of hydrogen-bond acceptors (Lipinski definition) is 3. The third-order valence-corrected chi connectivity index (χ3v) is 2.82. The highest BCUT2D eigenvalue weighted by molar-refractivity contribution is 5.97. The Bertz CT molecular complexity index is 656. The average Bonchev–Trinajstić information content (AvgIpc) is 2.54. The summed E-state index contributed by atoms with van der Waals surface area (Å²) in [7, 11) is 1.57. The van der Waals surface area contributed by atoms with E-state index in [1.165, 1.54) is 0 Å². The van der Waals surface area contributed by atoms with Gasteiger partial charge in [0.15, 0.2) is 5.96 Å². The minimum atomic E-state index is -0.240. The molecule has 2 rings (SSSR count). The van der Waals surface area contributed by atoms with Gasteiger partial charge in [-0.1, -0.05) is 30.3 Å². The van der Waals surface area contributed by atoms with Gasteiger partial charge in [-0.25, -0.2) is 4.99 Å². The molecule has 0 radical (unpaired) electrons. The van der Waals surface area contributed by atoms with Crippen molar-refractivity contribution in [1.82, 2.24) is 0 Å². The van der Waals surface area contributed by atoms with E-state index in [1.807, 2.05) is 36.4 Å². The molecule has 6 heteroatoms. The molecule has 4 N–H and O–H groups in total. The van der Waals surface area contributed by atoms with Crippen LogP contribution in [0.1, 0.15) is 0 Å². The van der Waals surface area contributed by atoms with Gasteiger partial charge in [-0.3, -0.25) is 4.79 Å². The molecule has 0 saturated carbocycles. The minimum absolute atomic E-state index is 0.0666. The summed E-state index contributed by atoms with van der Waals surface area (Å²) < 4.78 is 5.20. The molecular formula is C16H18N4O2. The van der Waals surface area contributed by atoms with Crippen LogP contribution in [0.4, 0.5) is 11.4 Å². The van der Waals surface area contributed by atoms with Crippen LogP contribution >= 0.6 is 0 Å². The molecule has 0 aliphatic heterocycles. The van der Waals surface area contributed by atoms with E-state index in [0.29, 0.717) is 11.4 Å². The molecule has 0 fully saturated rings. The summed E-state index contributed by atoms with van der Waals surface area (Å²) >= 11 is 0. The molecule has 0 unspecified atom stereocenters. The highest BCUT2D eigenvalue weighted by Gasteiger charge is 2.04. The van der Waals surface area contributed by atoms with Crippen LogP contribution in [0.3, 0.4) is 0 Å². The molecule has 114 valence electrons. The van der Waals surface area contributed by atoms with Crippen LogP contribution in [-0.4, -0.2) is 25.5 Å². The number of rotatable bonds is 5. The van der Waals surface area contributed by atoms with Gasteiger partial charge in [0.2, 0.25) is 5.91 Å². The number of anilines is 2. The third-order valence-electron chi connectivity index (χ3n) is 2.82. The molecule has 1 amide bonds. The van der Waals surface area contributed by atoms with Crippen molar-refractivity contribution in [2.75, 3.05) is 24.3 Å². The molecule has 0 atom stereocenters. The average molecular weight is 298 g/mol. The molecule has 0 aliphatic carbocycles. The predicted molar refractivity (Wildman–Crippen MR) is 88.2 cm³/mol. The summed E-state index contributed by atoms with van der Waals surface area (Å²) in [6.07, 6.45) is 0. The fraction of sp³-hybridized carbons (Fsp3) is 0.125. The molecule has 2 aromatic rings. The van der Waals surface area contributed by atoms with Gasteiger partial charge >= 0.3 is 0 Å². The summed E-state index contributed by atoms with van der Waals surface area (Å²) in [5, 5.41) is 5.63. The van der Waals surface area contributed by atoms with Crippen LogP contribution in [0, 0.1) is 0 Å². The number of aliphatic imine (C=N–C) groups is 1. The molecule has 0 saturated heterocycles. The molecule has 2 aromatic carbocycles. The molecule has 0 bridgehead atoms. The number of benzene rings is 2. The number of nitrogens with two attached hydrogens (primary N) is 1. The molecule has 6 nitrogen and oxygen atoms in total. The maximum Gasteiger partial charge on any atom is 0.246 e. The lowest BCUT2D eigenvalue weighted by atomic mass is 10.3. The number of para-hydroxylation sites is 3. The van der Waals surface area contributed by atoms with E-state index in [9.17, 15) is 4.79 Å². The number of hydrogen-bond donors (Lipinski definition) is 3. The van der Waals surface area contributed by atoms with Gasteiger partial charge in [0.05, 0.1) is 12.8 Å². The van der Waals surface area contributed by atoms with Gasteiger partial charge in [0.1, 0.15) is 12.3 Å². The van der Waals surface area contributed by atoms with E-state index in [-0.39, 0.29) is 18.4 Å². The first-order chi connectivity index (χ1) is 10.7. The lowest BCUT2D eigenvalue weighted by Crippen LogP contribution is -2.25. The SMILES string of the molecule is COc1ccccc1NC(N)=NCC(=O)Nc1ccccc1. The largest absolute Gasteiger partial charge is 0.495 e. The van der Waals surface area contributed by atoms with E-state index in [0.717, 1.165) is 5.69 Å². The molecule has 0 heterocycles. The van der Waals surface area contributed by atoms with Crippen molar-refractivity contribution in [3.05, 3.63) is 54.6 Å². The lowest BCUT2D eigenvalue weighted by molar-refractivity contribution is -0.114. The second kappa shape index (κ2) is 7.68. The second-order valence-corrected chi connectivity index (χ2v) is 4.44. The van der Waals surface area contributed by atoms with Gasteiger partial charge in [0, 0.05) is 5.69 Å². The van der Waals surface area contributed by atoms with Crippen LogP contribution in [0.25, 0.3) is 0 Å². The Morgan fingerprint density at radius 1 is 1.09 bits per heavy atom. The van der Waals surface area contributed by atoms with Gasteiger partial charge < -0.3 is 21.1 Å². The summed E-state index contributed by atoms with van der Waals surface area (Å²) in [6.45, 7) is -0.0666. The third kappa shape index (κ3) is 4.52. The number of nitrogens with one attached hydrogen (secondary N) is 2. The first-order valence-corrected chi connectivity index (χ1v) is 6.74. The van der Waals surface area contributed by atoms with E-state index >= 15 is 0 Å². The van der Waals surface area contributed by atoms with Crippen LogP contribution in [-0.2, 0) is 4.79 Å². The summed E-state index contributed by atoms with van der Waals surface area (Å²) in [5.41, 5.74) is 7.19. The summed E-state index contributed by atoms with van der Waals surface area (Å²) in [5.74, 6) is 0.554. The predicted octanol–water partition coefficient (Wildman–Crippen LogP) is 2.06. The van der Waals surface area contributed by atoms with Crippen molar-refractivity contribution in [3.63, 3.8) is 0 Å². The highest BCUT2D eigenvalue weighted by Crippen LogP contribution is 2.22. The fourth-order valence-electron chi connectivity index (χ4n) is 1.80. The Hall–Kier alpha value is -3.02. The maximum atomic E-state index is 11.8. The van der Waals surface area contributed by atoms with Crippen molar-refractivity contribution >= 4 is 23.2 Å². The second-order valence-electron chi connectivity index (χ2n) is 4.44. The van der Waals surface area contributed by atoms with E-state index in [1.54, 1.807) is 25.3 Å². The standard InChI is InChI=1S/C16H18N4O2/c1-22-14-10-6-5-9-13(14)20-16(17)18-11-15(21)19-12-7-3-2-4-8-12/h2-10H,11H2,1H3,(H,19,21)(H3,17,18,20). The van der Waals surface area contributed by atoms with E-state index in [4.69, 9.17) is 10.5 Å². The van der Waals surface area contributed by atoms with Crippen LogP contribution in [0.2, 0.25) is 0 Å². The normalized spacial score (nSPS) is 10.9. The lowest BCUT2D eigenvalue weighted by Gasteiger charge is -2.10. The maximum absolute atomic E-state index is 11.8. The number of guanidine groups is 1. The Balaban J connectivity index is 1.91. The van der Waals surface area contributed by atoms with Gasteiger partial charge in [0.25, 0.3) is 0 Å². The van der Waals surface area contributed by atoms with Crippen LogP contribution in [0.15, 0.2) is 59.6 Å². The van der Waals surface area contributed by atoms with Crippen molar-refractivity contribution in [1.29, 1.82) is 0 Å². The zero-order chi connectivity index (χ0) is 15.8. The number of carbonyl (C=O) groups is 1. The molecule has 0 aromatic heterocycles. The van der Waals surface area contributed by atoms with Crippen molar-refractivity contribution in [3.8, 4) is 5.75 Å². The number of amides is 1. The minimum Gasteiger partial charge on any atom is -0.495 e. The van der Waals surface area contributed by atoms with Crippen LogP contribution in [0.5, 0.6) is 5.75 Å². The number of nitrogens with zero attached hydrogens (tertiary/aromatic N) is 1. The highest BCUT2D eigenvalue weighted by atomic mass is 16.5. The molecular weight excluding hydrogens is 280 g/mol. The topological polar surface area (TPSA) is 88.7 Å². The van der Waals surface area contributed by atoms with Gasteiger partial charge in [-0.05, 0) is 24.3 Å². The number of carbonyl (C=O) groups excluding carboxylic acids is 1. The molecule has 22 heavy (non-hydrogen) atoms. The van der Waals surface area contributed by atoms with Crippen molar-refractivity contribution in [2.24, 2.45) is 10.7 Å². The first kappa shape index (κ1) is 15.4. The quantitative estimate of drug-likeness (QED) is 0.582. The summed E-state index contributed by atoms with van der Waals surface area (Å²) in [6, 6.07) is 16.5. The zero-order valence-electron chi connectivity index (χ0n) is 12.2. The van der Waals surface area contributed by atoms with Crippen molar-refractivity contribution in [2.45, 2.75) is 0 Å². The van der Waals surface area contributed by atoms with Gasteiger partial charge in [-0.15, -0.1) is 0 Å². The Morgan fingerprint density at radius 3 is 2.50 bits per heavy atom. The number of ether oxygens (including phenoxy) is 1. The summed E-state index contributed by atoms with van der Waals surface area (Å²) in [4.78, 5) is 15.8. The number of methoxy groups -OCH3 is 1. The Labute approximate surface area is 129 Å². The Morgan fingerprint density at radius 2 is 1.77 bits per heavy atom. The fourth-order valence-corrected chi connectivity index (χ4v) is 1.80.